The average molecular weight is 266 g/mol. The molecule has 0 fully saturated rings. The summed E-state index contributed by atoms with van der Waals surface area (Å²) in [6, 6.07) is 5.41. The Balaban J connectivity index is 2.56. The van der Waals surface area contributed by atoms with Crippen LogP contribution in [0.25, 0.3) is 0 Å². The van der Waals surface area contributed by atoms with Crippen molar-refractivity contribution < 1.29 is 9.59 Å². The van der Waals surface area contributed by atoms with Crippen LogP contribution in [0.3, 0.4) is 0 Å². The standard InChI is InChI=1S/C13H18N2O2S/c1-9-4-5-10(18)8-11(9)13(17)14-7-6-12(16)15(2)3/h4-5,8,18H,6-7H2,1-3H3,(H,14,17). The molecular weight excluding hydrogens is 248 g/mol. The van der Waals surface area contributed by atoms with Gasteiger partial charge in [0.1, 0.15) is 0 Å². The molecule has 0 aliphatic rings. The molecule has 0 heterocycles. The fourth-order valence-electron chi connectivity index (χ4n) is 1.46. The van der Waals surface area contributed by atoms with Gasteiger partial charge in [0.05, 0.1) is 0 Å². The van der Waals surface area contributed by atoms with E-state index in [0.29, 0.717) is 18.5 Å². The monoisotopic (exact) mass is 266 g/mol. The van der Waals surface area contributed by atoms with E-state index in [1.807, 2.05) is 19.1 Å². The number of rotatable bonds is 4. The summed E-state index contributed by atoms with van der Waals surface area (Å²) in [6.07, 6.45) is 0.304. The third-order valence-corrected chi connectivity index (χ3v) is 2.87. The van der Waals surface area contributed by atoms with E-state index in [-0.39, 0.29) is 11.8 Å². The first-order chi connectivity index (χ1) is 8.41. The molecule has 5 heteroatoms. The Kier molecular flexibility index (Phi) is 5.22. The van der Waals surface area contributed by atoms with Crippen LogP contribution in [0.15, 0.2) is 23.1 Å². The molecule has 4 nitrogen and oxygen atoms in total. The Morgan fingerprint density at radius 2 is 2.00 bits per heavy atom. The van der Waals surface area contributed by atoms with Crippen molar-refractivity contribution in [2.24, 2.45) is 0 Å². The number of hydrogen-bond donors (Lipinski definition) is 2. The van der Waals surface area contributed by atoms with Gasteiger partial charge in [-0.25, -0.2) is 0 Å². The SMILES string of the molecule is Cc1ccc(S)cc1C(=O)NCCC(=O)N(C)C. The van der Waals surface area contributed by atoms with Gasteiger partial charge in [0.2, 0.25) is 5.91 Å². The lowest BCUT2D eigenvalue weighted by Crippen LogP contribution is -2.30. The van der Waals surface area contributed by atoms with Gasteiger partial charge in [0, 0.05) is 37.5 Å². The second-order valence-electron chi connectivity index (χ2n) is 4.29. The van der Waals surface area contributed by atoms with Gasteiger partial charge in [-0.15, -0.1) is 12.6 Å². The van der Waals surface area contributed by atoms with Gasteiger partial charge < -0.3 is 10.2 Å². The van der Waals surface area contributed by atoms with Crippen molar-refractivity contribution >= 4 is 24.4 Å². The molecule has 0 aliphatic carbocycles. The highest BCUT2D eigenvalue weighted by Crippen LogP contribution is 2.13. The zero-order chi connectivity index (χ0) is 13.7. The van der Waals surface area contributed by atoms with Crippen molar-refractivity contribution in [3.63, 3.8) is 0 Å². The number of carbonyl (C=O) groups excluding carboxylic acids is 2. The number of thiol groups is 1. The highest BCUT2D eigenvalue weighted by molar-refractivity contribution is 7.80. The lowest BCUT2D eigenvalue weighted by Gasteiger charge is -2.11. The molecule has 1 aromatic carbocycles. The van der Waals surface area contributed by atoms with Gasteiger partial charge in [-0.3, -0.25) is 9.59 Å². The first kappa shape index (κ1) is 14.6. The van der Waals surface area contributed by atoms with Crippen LogP contribution in [0.4, 0.5) is 0 Å². The summed E-state index contributed by atoms with van der Waals surface area (Å²) in [7, 11) is 3.39. The molecule has 1 aromatic rings. The molecule has 1 N–H and O–H groups in total. The van der Waals surface area contributed by atoms with Crippen molar-refractivity contribution in [1.29, 1.82) is 0 Å². The maximum absolute atomic E-state index is 11.9. The fourth-order valence-corrected chi connectivity index (χ4v) is 1.66. The Labute approximate surface area is 113 Å². The van der Waals surface area contributed by atoms with E-state index < -0.39 is 0 Å². The third kappa shape index (κ3) is 4.07. The van der Waals surface area contributed by atoms with Gasteiger partial charge in [-0.2, -0.15) is 0 Å². The van der Waals surface area contributed by atoms with Crippen LogP contribution in [-0.2, 0) is 4.79 Å². The van der Waals surface area contributed by atoms with Gasteiger partial charge in [-0.05, 0) is 24.6 Å². The lowest BCUT2D eigenvalue weighted by molar-refractivity contribution is -0.128. The van der Waals surface area contributed by atoms with Crippen molar-refractivity contribution in [3.8, 4) is 0 Å². The molecule has 0 saturated carbocycles. The van der Waals surface area contributed by atoms with Gasteiger partial charge in [-0.1, -0.05) is 6.07 Å². The molecule has 2 amide bonds. The molecule has 1 rings (SSSR count). The first-order valence-corrected chi connectivity index (χ1v) is 6.14. The fraction of sp³-hybridized carbons (Fsp3) is 0.385. The molecule has 18 heavy (non-hydrogen) atoms. The molecule has 0 aromatic heterocycles. The predicted molar refractivity (Wildman–Crippen MR) is 74.1 cm³/mol. The minimum absolute atomic E-state index is 0.00466. The van der Waals surface area contributed by atoms with E-state index in [1.165, 1.54) is 4.90 Å². The van der Waals surface area contributed by atoms with Crippen LogP contribution < -0.4 is 5.32 Å². The van der Waals surface area contributed by atoms with Gasteiger partial charge in [0.25, 0.3) is 5.91 Å². The van der Waals surface area contributed by atoms with Gasteiger partial charge >= 0.3 is 0 Å². The summed E-state index contributed by atoms with van der Waals surface area (Å²) < 4.78 is 0. The largest absolute Gasteiger partial charge is 0.352 e. The zero-order valence-corrected chi connectivity index (χ0v) is 11.8. The second-order valence-corrected chi connectivity index (χ2v) is 4.81. The van der Waals surface area contributed by atoms with Crippen molar-refractivity contribution in [1.82, 2.24) is 10.2 Å². The number of nitrogens with zero attached hydrogens (tertiary/aromatic N) is 1. The topological polar surface area (TPSA) is 49.4 Å². The van der Waals surface area contributed by atoms with E-state index in [4.69, 9.17) is 0 Å². The summed E-state index contributed by atoms with van der Waals surface area (Å²) >= 11 is 4.21. The lowest BCUT2D eigenvalue weighted by atomic mass is 10.1. The van der Waals surface area contributed by atoms with Crippen LogP contribution in [-0.4, -0.2) is 37.4 Å². The van der Waals surface area contributed by atoms with E-state index in [1.54, 1.807) is 20.2 Å². The number of amides is 2. The normalized spacial score (nSPS) is 10.0. The van der Waals surface area contributed by atoms with Gasteiger partial charge in [0.15, 0.2) is 0 Å². The Morgan fingerprint density at radius 3 is 2.61 bits per heavy atom. The maximum atomic E-state index is 11.9. The van der Waals surface area contributed by atoms with E-state index in [2.05, 4.69) is 17.9 Å². The molecule has 0 bridgehead atoms. The zero-order valence-electron chi connectivity index (χ0n) is 10.9. The van der Waals surface area contributed by atoms with Crippen LogP contribution in [0.5, 0.6) is 0 Å². The molecule has 0 radical (unpaired) electrons. The summed E-state index contributed by atoms with van der Waals surface area (Å²) in [5, 5.41) is 2.73. The van der Waals surface area contributed by atoms with Crippen molar-refractivity contribution in [2.75, 3.05) is 20.6 Å². The van der Waals surface area contributed by atoms with Crippen LogP contribution in [0.2, 0.25) is 0 Å². The highest BCUT2D eigenvalue weighted by Gasteiger charge is 2.10. The Hall–Kier alpha value is -1.49. The quantitative estimate of drug-likeness (QED) is 0.811. The molecule has 98 valence electrons. The number of hydrogen-bond acceptors (Lipinski definition) is 3. The molecule has 0 aliphatic heterocycles. The number of aryl methyl sites for hydroxylation is 1. The average Bonchev–Trinajstić information content (AvgIpc) is 2.31. The smallest absolute Gasteiger partial charge is 0.251 e. The number of benzene rings is 1. The molecule has 0 unspecified atom stereocenters. The van der Waals surface area contributed by atoms with Crippen LogP contribution in [0.1, 0.15) is 22.3 Å². The van der Waals surface area contributed by atoms with Crippen molar-refractivity contribution in [2.45, 2.75) is 18.2 Å². The minimum Gasteiger partial charge on any atom is -0.352 e. The third-order valence-electron chi connectivity index (χ3n) is 2.59. The molecule has 0 saturated heterocycles. The summed E-state index contributed by atoms with van der Waals surface area (Å²) in [6.45, 7) is 2.21. The predicted octanol–water partition coefficient (Wildman–Crippen LogP) is 1.49. The highest BCUT2D eigenvalue weighted by atomic mass is 32.1. The van der Waals surface area contributed by atoms with E-state index in [0.717, 1.165) is 10.5 Å². The summed E-state index contributed by atoms with van der Waals surface area (Å²) in [5.74, 6) is -0.176. The number of carbonyl (C=O) groups is 2. The minimum atomic E-state index is -0.171. The Bertz CT molecular complexity index is 458. The number of nitrogens with one attached hydrogen (secondary N) is 1. The molecule has 0 atom stereocenters. The second kappa shape index (κ2) is 6.44. The Morgan fingerprint density at radius 1 is 1.33 bits per heavy atom. The van der Waals surface area contributed by atoms with E-state index in [9.17, 15) is 9.59 Å². The van der Waals surface area contributed by atoms with Crippen molar-refractivity contribution in [3.05, 3.63) is 29.3 Å². The van der Waals surface area contributed by atoms with Crippen LogP contribution >= 0.6 is 12.6 Å². The van der Waals surface area contributed by atoms with Crippen LogP contribution in [0, 0.1) is 6.92 Å². The summed E-state index contributed by atoms with van der Waals surface area (Å²) in [4.78, 5) is 25.5. The maximum Gasteiger partial charge on any atom is 0.251 e. The molecule has 0 spiro atoms. The van der Waals surface area contributed by atoms with E-state index >= 15 is 0 Å². The molecular formula is C13H18N2O2S. The first-order valence-electron chi connectivity index (χ1n) is 5.70. The summed E-state index contributed by atoms with van der Waals surface area (Å²) in [5.41, 5.74) is 1.49.